The van der Waals surface area contributed by atoms with Crippen LogP contribution in [0.4, 0.5) is 0 Å². The van der Waals surface area contributed by atoms with Crippen LogP contribution >= 0.6 is 11.3 Å². The number of hydrogen-bond donors (Lipinski definition) is 0. The van der Waals surface area contributed by atoms with Gasteiger partial charge in [-0.25, -0.2) is 0 Å². The third-order valence-electron chi connectivity index (χ3n) is 4.52. The lowest BCUT2D eigenvalue weighted by Crippen LogP contribution is -2.23. The standard InChI is InChI=1S/C20H21N3OS/c1-14-21-22-20(25-14)13-24-19-6-5-17-11-16(3-4-18(17)12-19)15-7-9-23(2)10-8-15/h3-7,11-12H,8-10,13H2,1-2H3. The molecule has 2 heterocycles. The highest BCUT2D eigenvalue weighted by molar-refractivity contribution is 7.11. The van der Waals surface area contributed by atoms with E-state index in [0.29, 0.717) is 6.61 Å². The van der Waals surface area contributed by atoms with Crippen molar-refractivity contribution in [2.45, 2.75) is 20.0 Å². The van der Waals surface area contributed by atoms with Crippen LogP contribution in [0.3, 0.4) is 0 Å². The summed E-state index contributed by atoms with van der Waals surface area (Å²) in [6.07, 6.45) is 3.46. The van der Waals surface area contributed by atoms with Gasteiger partial charge in [-0.15, -0.1) is 10.2 Å². The van der Waals surface area contributed by atoms with Crippen molar-refractivity contribution in [2.75, 3.05) is 20.1 Å². The molecule has 0 amide bonds. The summed E-state index contributed by atoms with van der Waals surface area (Å²) in [5, 5.41) is 12.4. The number of fused-ring (bicyclic) bond motifs is 1. The van der Waals surface area contributed by atoms with Crippen molar-refractivity contribution >= 4 is 27.7 Å². The van der Waals surface area contributed by atoms with Crippen LogP contribution in [0.2, 0.25) is 0 Å². The molecule has 1 aliphatic rings. The van der Waals surface area contributed by atoms with Crippen LogP contribution in [0, 0.1) is 6.92 Å². The van der Waals surface area contributed by atoms with Crippen LogP contribution < -0.4 is 4.74 Å². The van der Waals surface area contributed by atoms with Gasteiger partial charge in [-0.05, 0) is 60.5 Å². The molecule has 0 atom stereocenters. The zero-order valence-electron chi connectivity index (χ0n) is 14.5. The van der Waals surface area contributed by atoms with Gasteiger partial charge in [0.05, 0.1) is 0 Å². The molecule has 2 aromatic carbocycles. The van der Waals surface area contributed by atoms with Crippen molar-refractivity contribution in [3.8, 4) is 5.75 Å². The summed E-state index contributed by atoms with van der Waals surface area (Å²) >= 11 is 1.57. The Morgan fingerprint density at radius 1 is 1.12 bits per heavy atom. The van der Waals surface area contributed by atoms with Crippen LogP contribution in [0.5, 0.6) is 5.75 Å². The molecule has 25 heavy (non-hydrogen) atoms. The first-order valence-electron chi connectivity index (χ1n) is 8.51. The summed E-state index contributed by atoms with van der Waals surface area (Å²) in [5.74, 6) is 0.867. The minimum Gasteiger partial charge on any atom is -0.486 e. The van der Waals surface area contributed by atoms with Crippen molar-refractivity contribution in [1.82, 2.24) is 15.1 Å². The predicted molar refractivity (Wildman–Crippen MR) is 103 cm³/mol. The first kappa shape index (κ1) is 16.2. The maximum Gasteiger partial charge on any atom is 0.155 e. The number of benzene rings is 2. The fourth-order valence-corrected chi connectivity index (χ4v) is 3.71. The molecule has 1 aliphatic heterocycles. The van der Waals surface area contributed by atoms with E-state index in [0.717, 1.165) is 35.3 Å². The topological polar surface area (TPSA) is 38.3 Å². The molecule has 0 unspecified atom stereocenters. The van der Waals surface area contributed by atoms with Crippen molar-refractivity contribution in [3.63, 3.8) is 0 Å². The third kappa shape index (κ3) is 3.72. The van der Waals surface area contributed by atoms with Gasteiger partial charge >= 0.3 is 0 Å². The SMILES string of the molecule is Cc1nnc(COc2ccc3cc(C4=CCN(C)CC4)ccc3c2)s1. The highest BCUT2D eigenvalue weighted by atomic mass is 32.1. The van der Waals surface area contributed by atoms with Crippen LogP contribution in [0.15, 0.2) is 42.5 Å². The molecular weight excluding hydrogens is 330 g/mol. The Kier molecular flexibility index (Phi) is 4.51. The van der Waals surface area contributed by atoms with E-state index in [1.54, 1.807) is 11.3 Å². The number of aromatic nitrogens is 2. The molecule has 0 aliphatic carbocycles. The molecule has 0 saturated heterocycles. The molecule has 3 aromatic rings. The molecule has 5 heteroatoms. The second kappa shape index (κ2) is 6.94. The largest absolute Gasteiger partial charge is 0.486 e. The molecule has 4 nitrogen and oxygen atoms in total. The predicted octanol–water partition coefficient (Wildman–Crippen LogP) is 4.30. The lowest BCUT2D eigenvalue weighted by atomic mass is 9.97. The molecule has 0 bridgehead atoms. The highest BCUT2D eigenvalue weighted by Crippen LogP contribution is 2.28. The van der Waals surface area contributed by atoms with Crippen LogP contribution in [-0.4, -0.2) is 35.2 Å². The van der Waals surface area contributed by atoms with Crippen molar-refractivity contribution in [3.05, 3.63) is 58.1 Å². The van der Waals surface area contributed by atoms with Gasteiger partial charge in [0.2, 0.25) is 0 Å². The van der Waals surface area contributed by atoms with Gasteiger partial charge in [-0.3, -0.25) is 0 Å². The highest BCUT2D eigenvalue weighted by Gasteiger charge is 2.10. The Hall–Kier alpha value is -2.24. The molecule has 1 aromatic heterocycles. The van der Waals surface area contributed by atoms with Gasteiger partial charge < -0.3 is 9.64 Å². The zero-order valence-corrected chi connectivity index (χ0v) is 15.3. The number of nitrogens with zero attached hydrogens (tertiary/aromatic N) is 3. The van der Waals surface area contributed by atoms with Gasteiger partial charge in [-0.2, -0.15) is 0 Å². The minimum atomic E-state index is 0.468. The molecule has 0 N–H and O–H groups in total. The fourth-order valence-electron chi connectivity index (χ4n) is 3.09. The summed E-state index contributed by atoms with van der Waals surface area (Å²) in [7, 11) is 2.16. The molecule has 0 spiro atoms. The number of hydrogen-bond acceptors (Lipinski definition) is 5. The van der Waals surface area contributed by atoms with E-state index in [9.17, 15) is 0 Å². The average molecular weight is 351 g/mol. The number of aryl methyl sites for hydroxylation is 1. The molecule has 0 radical (unpaired) electrons. The van der Waals surface area contributed by atoms with Crippen molar-refractivity contribution < 1.29 is 4.74 Å². The summed E-state index contributed by atoms with van der Waals surface area (Å²) < 4.78 is 5.86. The lowest BCUT2D eigenvalue weighted by molar-refractivity contribution is 0.305. The second-order valence-electron chi connectivity index (χ2n) is 6.47. The van der Waals surface area contributed by atoms with Gasteiger partial charge in [0.15, 0.2) is 5.01 Å². The maximum absolute atomic E-state index is 5.86. The third-order valence-corrected chi connectivity index (χ3v) is 5.34. The maximum atomic E-state index is 5.86. The molecule has 128 valence electrons. The van der Waals surface area contributed by atoms with Crippen LogP contribution in [0.1, 0.15) is 22.0 Å². The van der Waals surface area contributed by atoms with E-state index in [1.807, 2.05) is 13.0 Å². The Morgan fingerprint density at radius 2 is 1.96 bits per heavy atom. The summed E-state index contributed by atoms with van der Waals surface area (Å²) in [6, 6.07) is 12.9. The average Bonchev–Trinajstić information content (AvgIpc) is 3.05. The smallest absolute Gasteiger partial charge is 0.155 e. The van der Waals surface area contributed by atoms with E-state index >= 15 is 0 Å². The van der Waals surface area contributed by atoms with E-state index < -0.39 is 0 Å². The lowest BCUT2D eigenvalue weighted by Gasteiger charge is -2.22. The fraction of sp³-hybridized carbons (Fsp3) is 0.300. The van der Waals surface area contributed by atoms with Crippen molar-refractivity contribution in [2.24, 2.45) is 0 Å². The van der Waals surface area contributed by atoms with E-state index in [1.165, 1.54) is 21.9 Å². The van der Waals surface area contributed by atoms with Gasteiger partial charge in [0, 0.05) is 13.1 Å². The summed E-state index contributed by atoms with van der Waals surface area (Å²) in [4.78, 5) is 2.34. The molecule has 0 saturated carbocycles. The number of rotatable bonds is 4. The first-order chi connectivity index (χ1) is 12.2. The summed E-state index contributed by atoms with van der Waals surface area (Å²) in [5.41, 5.74) is 2.78. The Morgan fingerprint density at radius 3 is 2.72 bits per heavy atom. The van der Waals surface area contributed by atoms with Crippen LogP contribution in [-0.2, 0) is 6.61 Å². The van der Waals surface area contributed by atoms with Crippen LogP contribution in [0.25, 0.3) is 16.3 Å². The minimum absolute atomic E-state index is 0.468. The second-order valence-corrected chi connectivity index (χ2v) is 7.74. The normalized spacial score (nSPS) is 15.4. The summed E-state index contributed by atoms with van der Waals surface area (Å²) in [6.45, 7) is 4.58. The molecular formula is C20H21N3OS. The van der Waals surface area contributed by atoms with Crippen molar-refractivity contribution in [1.29, 1.82) is 0 Å². The van der Waals surface area contributed by atoms with Gasteiger partial charge in [0.1, 0.15) is 17.4 Å². The van der Waals surface area contributed by atoms with E-state index in [2.05, 4.69) is 58.6 Å². The molecule has 4 rings (SSSR count). The Labute approximate surface area is 151 Å². The first-order valence-corrected chi connectivity index (χ1v) is 9.32. The quantitative estimate of drug-likeness (QED) is 0.702. The molecule has 0 fully saturated rings. The van der Waals surface area contributed by atoms with Gasteiger partial charge in [-0.1, -0.05) is 35.6 Å². The zero-order chi connectivity index (χ0) is 17.2. The van der Waals surface area contributed by atoms with Gasteiger partial charge in [0.25, 0.3) is 0 Å². The Balaban J connectivity index is 1.52. The monoisotopic (exact) mass is 351 g/mol. The van der Waals surface area contributed by atoms with E-state index in [-0.39, 0.29) is 0 Å². The Bertz CT molecular complexity index is 932. The van der Waals surface area contributed by atoms with E-state index in [4.69, 9.17) is 4.74 Å². The number of likely N-dealkylation sites (N-methyl/N-ethyl adjacent to an activating group) is 1. The number of ether oxygens (including phenoxy) is 1.